The van der Waals surface area contributed by atoms with Gasteiger partial charge in [0.2, 0.25) is 5.91 Å². The molecule has 1 spiro atoms. The number of amides is 1. The molecule has 10 heteroatoms. The normalized spacial score (nSPS) is 18.8. The van der Waals surface area contributed by atoms with E-state index >= 15 is 0 Å². The fourth-order valence-electron chi connectivity index (χ4n) is 4.16. The van der Waals surface area contributed by atoms with E-state index in [-0.39, 0.29) is 10.1 Å². The lowest BCUT2D eigenvalue weighted by molar-refractivity contribution is -0.186. The number of carbonyl (C=O) groups excluding carboxylic acids is 1. The standard InChI is InChI=1S/C22H21ClN2O5S2/c23-19-6-8-21(31-19)32(27,28)25-15-16(17-3-1-2-4-18(17)25)5-7-20(26)24-11-9-22(10-12-24)29-13-14-30-22/h1-8,15H,9-14H2/b7-5+. The second-order valence-electron chi connectivity index (χ2n) is 7.73. The van der Waals surface area contributed by atoms with E-state index in [2.05, 4.69) is 0 Å². The molecule has 2 aromatic heterocycles. The molecule has 1 amide bonds. The number of piperidine rings is 1. The quantitative estimate of drug-likeness (QED) is 0.515. The number of likely N-dealkylation sites (tertiary alicyclic amines) is 1. The van der Waals surface area contributed by atoms with Crippen LogP contribution in [0.15, 0.2) is 52.9 Å². The first-order valence-corrected chi connectivity index (χ1v) is 12.9. The van der Waals surface area contributed by atoms with E-state index in [1.54, 1.807) is 35.4 Å². The Labute approximate surface area is 194 Å². The monoisotopic (exact) mass is 492 g/mol. The van der Waals surface area contributed by atoms with Crippen LogP contribution < -0.4 is 0 Å². The number of halogens is 1. The van der Waals surface area contributed by atoms with Crippen LogP contribution in [-0.4, -0.2) is 55.3 Å². The van der Waals surface area contributed by atoms with Crippen molar-refractivity contribution < 1.29 is 22.7 Å². The molecule has 2 aliphatic heterocycles. The Bertz CT molecular complexity index is 1290. The molecule has 1 aromatic carbocycles. The number of fused-ring (bicyclic) bond motifs is 1. The molecule has 32 heavy (non-hydrogen) atoms. The summed E-state index contributed by atoms with van der Waals surface area (Å²) < 4.78 is 39.6. The first kappa shape index (κ1) is 21.7. The molecule has 2 saturated heterocycles. The van der Waals surface area contributed by atoms with Crippen LogP contribution in [-0.2, 0) is 24.3 Å². The molecular weight excluding hydrogens is 472 g/mol. The van der Waals surface area contributed by atoms with Crippen LogP contribution in [0.25, 0.3) is 17.0 Å². The average Bonchev–Trinajstić information content (AvgIpc) is 3.52. The van der Waals surface area contributed by atoms with Gasteiger partial charge < -0.3 is 14.4 Å². The summed E-state index contributed by atoms with van der Waals surface area (Å²) in [5, 5.41) is 0.744. The number of aromatic nitrogens is 1. The number of nitrogens with zero attached hydrogens (tertiary/aromatic N) is 2. The van der Waals surface area contributed by atoms with Crippen molar-refractivity contribution in [2.24, 2.45) is 0 Å². The number of thiophene rings is 1. The Balaban J connectivity index is 1.40. The van der Waals surface area contributed by atoms with Crippen molar-refractivity contribution in [3.05, 3.63) is 58.6 Å². The predicted molar refractivity (Wildman–Crippen MR) is 123 cm³/mol. The topological polar surface area (TPSA) is 77.8 Å². The highest BCUT2D eigenvalue weighted by Crippen LogP contribution is 2.33. The minimum absolute atomic E-state index is 0.123. The van der Waals surface area contributed by atoms with Crippen molar-refractivity contribution in [1.82, 2.24) is 8.87 Å². The molecule has 0 saturated carbocycles. The molecule has 0 N–H and O–H groups in total. The van der Waals surface area contributed by atoms with E-state index in [1.807, 2.05) is 12.1 Å². The maximum absolute atomic E-state index is 13.2. The number of benzene rings is 1. The van der Waals surface area contributed by atoms with E-state index in [9.17, 15) is 13.2 Å². The van der Waals surface area contributed by atoms with Crippen LogP contribution in [0, 0.1) is 0 Å². The van der Waals surface area contributed by atoms with E-state index in [0.29, 0.717) is 54.6 Å². The van der Waals surface area contributed by atoms with Crippen molar-refractivity contribution in [2.75, 3.05) is 26.3 Å². The van der Waals surface area contributed by atoms with Gasteiger partial charge in [-0.1, -0.05) is 29.8 Å². The lowest BCUT2D eigenvalue weighted by atomic mass is 10.0. The third-order valence-electron chi connectivity index (χ3n) is 5.83. The van der Waals surface area contributed by atoms with Crippen molar-refractivity contribution >= 4 is 55.8 Å². The Morgan fingerprint density at radius 1 is 1.09 bits per heavy atom. The molecule has 0 radical (unpaired) electrons. The van der Waals surface area contributed by atoms with Gasteiger partial charge in [0.25, 0.3) is 10.0 Å². The van der Waals surface area contributed by atoms with Crippen LogP contribution in [0.3, 0.4) is 0 Å². The fourth-order valence-corrected chi connectivity index (χ4v) is 7.11. The molecule has 4 heterocycles. The first-order valence-electron chi connectivity index (χ1n) is 10.2. The zero-order chi connectivity index (χ0) is 22.3. The molecule has 2 aliphatic rings. The number of hydrogen-bond acceptors (Lipinski definition) is 6. The fraction of sp³-hybridized carbons (Fsp3) is 0.318. The summed E-state index contributed by atoms with van der Waals surface area (Å²) in [5.74, 6) is -0.657. The van der Waals surface area contributed by atoms with Gasteiger partial charge in [0, 0.05) is 49.2 Å². The zero-order valence-corrected chi connectivity index (χ0v) is 19.5. The van der Waals surface area contributed by atoms with Crippen LogP contribution in [0.2, 0.25) is 4.34 Å². The second kappa shape index (κ2) is 8.31. The Hall–Kier alpha value is -2.17. The van der Waals surface area contributed by atoms with Crippen LogP contribution in [0.4, 0.5) is 0 Å². The van der Waals surface area contributed by atoms with Crippen molar-refractivity contribution in [2.45, 2.75) is 22.8 Å². The number of hydrogen-bond donors (Lipinski definition) is 0. The molecule has 0 bridgehead atoms. The summed E-state index contributed by atoms with van der Waals surface area (Å²) in [5.41, 5.74) is 1.19. The number of rotatable bonds is 4. The summed E-state index contributed by atoms with van der Waals surface area (Å²) in [7, 11) is -3.80. The highest BCUT2D eigenvalue weighted by molar-refractivity contribution is 7.92. The summed E-state index contributed by atoms with van der Waals surface area (Å²) in [6.45, 7) is 2.30. The van der Waals surface area contributed by atoms with Crippen LogP contribution in [0.1, 0.15) is 18.4 Å². The smallest absolute Gasteiger partial charge is 0.277 e. The van der Waals surface area contributed by atoms with Crippen molar-refractivity contribution in [3.8, 4) is 0 Å². The van der Waals surface area contributed by atoms with Gasteiger partial charge >= 0.3 is 0 Å². The Morgan fingerprint density at radius 2 is 1.81 bits per heavy atom. The van der Waals surface area contributed by atoms with E-state index < -0.39 is 15.8 Å². The van der Waals surface area contributed by atoms with E-state index in [4.69, 9.17) is 21.1 Å². The van der Waals surface area contributed by atoms with Gasteiger partial charge in [0.15, 0.2) is 5.79 Å². The summed E-state index contributed by atoms with van der Waals surface area (Å²) >= 11 is 6.96. The SMILES string of the molecule is O=C(/C=C/c1cn(S(=O)(=O)c2ccc(Cl)s2)c2ccccc12)N1CCC2(CC1)OCCO2. The van der Waals surface area contributed by atoms with Crippen molar-refractivity contribution in [1.29, 1.82) is 0 Å². The van der Waals surface area contributed by atoms with Gasteiger partial charge in [-0.3, -0.25) is 4.79 Å². The van der Waals surface area contributed by atoms with Gasteiger partial charge in [-0.25, -0.2) is 3.97 Å². The molecule has 168 valence electrons. The second-order valence-corrected chi connectivity index (χ2v) is 11.5. The molecule has 2 fully saturated rings. The van der Waals surface area contributed by atoms with Gasteiger partial charge in [-0.05, 0) is 24.3 Å². The lowest BCUT2D eigenvalue weighted by Gasteiger charge is -2.37. The molecule has 7 nitrogen and oxygen atoms in total. The number of ether oxygens (including phenoxy) is 2. The predicted octanol–water partition coefficient (Wildman–Crippen LogP) is 3.97. The molecule has 0 atom stereocenters. The minimum Gasteiger partial charge on any atom is -0.347 e. The Kier molecular flexibility index (Phi) is 5.63. The number of para-hydroxylation sites is 1. The molecular formula is C22H21ClN2O5S2. The molecule has 3 aromatic rings. The third kappa shape index (κ3) is 3.88. The number of carbonyl (C=O) groups is 1. The Morgan fingerprint density at radius 3 is 2.50 bits per heavy atom. The van der Waals surface area contributed by atoms with Crippen LogP contribution in [0.5, 0.6) is 0 Å². The lowest BCUT2D eigenvalue weighted by Crippen LogP contribution is -2.46. The van der Waals surface area contributed by atoms with E-state index in [1.165, 1.54) is 16.1 Å². The van der Waals surface area contributed by atoms with Gasteiger partial charge in [0.1, 0.15) is 4.21 Å². The molecule has 0 unspecified atom stereocenters. The third-order valence-corrected chi connectivity index (χ3v) is 9.20. The van der Waals surface area contributed by atoms with Gasteiger partial charge in [-0.2, -0.15) is 8.42 Å². The molecule has 5 rings (SSSR count). The van der Waals surface area contributed by atoms with E-state index in [0.717, 1.165) is 16.7 Å². The summed E-state index contributed by atoms with van der Waals surface area (Å²) in [4.78, 5) is 14.5. The minimum atomic E-state index is -3.80. The van der Waals surface area contributed by atoms with Gasteiger partial charge in [0.05, 0.1) is 23.1 Å². The maximum Gasteiger partial charge on any atom is 0.277 e. The highest BCUT2D eigenvalue weighted by Gasteiger charge is 2.40. The highest BCUT2D eigenvalue weighted by atomic mass is 35.5. The summed E-state index contributed by atoms with van der Waals surface area (Å²) in [6, 6.07) is 10.3. The van der Waals surface area contributed by atoms with Gasteiger partial charge in [-0.15, -0.1) is 11.3 Å². The maximum atomic E-state index is 13.2. The average molecular weight is 493 g/mol. The zero-order valence-electron chi connectivity index (χ0n) is 17.1. The van der Waals surface area contributed by atoms with Crippen LogP contribution >= 0.6 is 22.9 Å². The first-order chi connectivity index (χ1) is 15.4. The largest absolute Gasteiger partial charge is 0.347 e. The van der Waals surface area contributed by atoms with Crippen molar-refractivity contribution in [3.63, 3.8) is 0 Å². The molecule has 0 aliphatic carbocycles. The summed E-state index contributed by atoms with van der Waals surface area (Å²) in [6.07, 6.45) is 6.00.